The monoisotopic (exact) mass is 702 g/mol. The average Bonchev–Trinajstić information content (AvgIpc) is 3.52. The zero-order valence-electron chi connectivity index (χ0n) is 30.9. The number of aliphatic hydroxyl groups is 1. The Bertz CT molecular complexity index is 1520. The number of ketones is 1. The van der Waals surface area contributed by atoms with Crippen LogP contribution in [-0.4, -0.2) is 52.8 Å². The maximum absolute atomic E-state index is 14.7. The Morgan fingerprint density at radius 2 is 1.69 bits per heavy atom. The van der Waals surface area contributed by atoms with Crippen LogP contribution in [-0.2, 0) is 25.7 Å². The first-order valence-corrected chi connectivity index (χ1v) is 18.0. The molecule has 0 aliphatic heterocycles. The number of carboxylic acid groups (broad SMARTS) is 1. The van der Waals surface area contributed by atoms with E-state index in [9.17, 15) is 29.4 Å². The minimum Gasteiger partial charge on any atom is -0.548 e. The van der Waals surface area contributed by atoms with Gasteiger partial charge in [0.15, 0.2) is 5.78 Å². The molecule has 0 spiro atoms. The van der Waals surface area contributed by atoms with Gasteiger partial charge in [0.05, 0.1) is 31.4 Å². The fourth-order valence-corrected chi connectivity index (χ4v) is 11.9. The van der Waals surface area contributed by atoms with Gasteiger partial charge >= 0.3 is 51.4 Å². The smallest absolute Gasteiger partial charge is 0.548 e. The van der Waals surface area contributed by atoms with Crippen molar-refractivity contribution in [2.24, 2.45) is 50.2 Å². The molecule has 4 saturated carbocycles. The minimum atomic E-state index is -1.40. The van der Waals surface area contributed by atoms with Gasteiger partial charge in [-0.15, -0.1) is 0 Å². The van der Waals surface area contributed by atoms with Crippen molar-refractivity contribution in [1.82, 2.24) is 10.2 Å². The number of aliphatic hydroxyl groups excluding tert-OH is 1. The van der Waals surface area contributed by atoms with Gasteiger partial charge in [-0.3, -0.25) is 14.4 Å². The second-order valence-corrected chi connectivity index (χ2v) is 18.0. The molecule has 1 aromatic heterocycles. The first-order valence-electron chi connectivity index (χ1n) is 18.0. The SMILES string of the molecule is CC1(C)[C@@H](O)CC[C@]2(C)[C@H]3C(=O)C=C4[C@@H]5C[C@@](C)(C(=O)N(CC(=O)NCC(=O)[O-])Cc6ccco6)CC[C@]5(C)CC[C@@]4(C)[C@]3(C)CC[C@@H]12.[K+]. The van der Waals surface area contributed by atoms with Gasteiger partial charge in [-0.1, -0.05) is 54.0 Å². The van der Waals surface area contributed by atoms with Crippen LogP contribution >= 0.6 is 0 Å². The molecule has 2 amide bonds. The van der Waals surface area contributed by atoms with Gasteiger partial charge in [-0.05, 0) is 115 Å². The number of amides is 2. The molecule has 9 atom stereocenters. The van der Waals surface area contributed by atoms with Crippen LogP contribution in [0.4, 0.5) is 0 Å². The van der Waals surface area contributed by atoms with Crippen LogP contribution in [0.3, 0.4) is 0 Å². The molecule has 5 aliphatic carbocycles. The van der Waals surface area contributed by atoms with Gasteiger partial charge < -0.3 is 29.6 Å². The molecular weight excluding hydrogens is 648 g/mol. The van der Waals surface area contributed by atoms with E-state index in [1.165, 1.54) is 16.7 Å². The van der Waals surface area contributed by atoms with E-state index in [4.69, 9.17) is 4.42 Å². The molecule has 49 heavy (non-hydrogen) atoms. The van der Waals surface area contributed by atoms with Crippen LogP contribution in [0, 0.1) is 50.2 Å². The average molecular weight is 703 g/mol. The molecule has 0 aromatic carbocycles. The fourth-order valence-electron chi connectivity index (χ4n) is 11.9. The summed E-state index contributed by atoms with van der Waals surface area (Å²) in [6.07, 6.45) is 10.8. The van der Waals surface area contributed by atoms with Gasteiger partial charge in [0.1, 0.15) is 12.3 Å². The van der Waals surface area contributed by atoms with Crippen molar-refractivity contribution in [2.45, 2.75) is 119 Å². The molecule has 10 heteroatoms. The number of nitrogens with one attached hydrogen (secondary N) is 1. The third-order valence-corrected chi connectivity index (χ3v) is 15.0. The summed E-state index contributed by atoms with van der Waals surface area (Å²) >= 11 is 0. The van der Waals surface area contributed by atoms with Crippen molar-refractivity contribution in [3.05, 3.63) is 35.8 Å². The summed E-state index contributed by atoms with van der Waals surface area (Å²) < 4.78 is 5.55. The Labute approximate surface area is 334 Å². The number of carbonyl (C=O) groups is 4. The molecule has 6 rings (SSSR count). The van der Waals surface area contributed by atoms with Crippen molar-refractivity contribution in [2.75, 3.05) is 13.1 Å². The molecule has 0 unspecified atom stereocenters. The zero-order chi connectivity index (χ0) is 35.1. The number of rotatable bonds is 7. The number of carboxylic acids is 1. The van der Waals surface area contributed by atoms with Crippen molar-refractivity contribution < 1.29 is 85.2 Å². The standard InChI is InChI=1S/C39H56N2O7.K/c1-34(2)28-10-13-39(7)32(37(28,5)12-11-29(34)43)27(42)19-25-26-20-36(4,15-14-35(26,3)16-17-38(25,39)6)33(47)41(22-24-9-8-18-48-24)23-30(44)40-21-31(45)46;/h8-9,18-19,26,28-29,32,43H,10-17,20-23H2,1-7H3,(H,40,44)(H,45,46);/q;+1/p-1/t26-,28-,29-,32+,35+,36-,37-,38+,39+;/m0./s1. The molecule has 5 aliphatic rings. The number of hydrogen-bond donors (Lipinski definition) is 2. The maximum Gasteiger partial charge on any atom is 1.00 e. The molecule has 264 valence electrons. The predicted molar refractivity (Wildman–Crippen MR) is 178 cm³/mol. The van der Waals surface area contributed by atoms with E-state index >= 15 is 0 Å². The molecule has 0 saturated heterocycles. The number of allylic oxidation sites excluding steroid dienone is 2. The van der Waals surface area contributed by atoms with E-state index < -0.39 is 23.8 Å². The van der Waals surface area contributed by atoms with Gasteiger partial charge in [-0.25, -0.2) is 0 Å². The van der Waals surface area contributed by atoms with Crippen LogP contribution < -0.4 is 61.8 Å². The van der Waals surface area contributed by atoms with E-state index in [1.54, 1.807) is 12.1 Å². The minimum absolute atomic E-state index is 0. The summed E-state index contributed by atoms with van der Waals surface area (Å²) in [4.78, 5) is 54.5. The zero-order valence-corrected chi connectivity index (χ0v) is 34.1. The van der Waals surface area contributed by atoms with Crippen molar-refractivity contribution >= 4 is 23.6 Å². The largest absolute Gasteiger partial charge is 1.00 e. The van der Waals surface area contributed by atoms with Gasteiger partial charge in [-0.2, -0.15) is 0 Å². The van der Waals surface area contributed by atoms with Crippen molar-refractivity contribution in [3.8, 4) is 0 Å². The molecule has 0 radical (unpaired) electrons. The molecule has 1 aromatic rings. The summed E-state index contributed by atoms with van der Waals surface area (Å²) in [5, 5.41) is 24.4. The summed E-state index contributed by atoms with van der Waals surface area (Å²) in [7, 11) is 0. The van der Waals surface area contributed by atoms with Crippen LogP contribution in [0.1, 0.15) is 112 Å². The Balaban J connectivity index is 0.00000468. The van der Waals surface area contributed by atoms with E-state index in [-0.39, 0.29) is 127 Å². The van der Waals surface area contributed by atoms with E-state index in [1.807, 2.05) is 13.0 Å². The third kappa shape index (κ3) is 6.20. The maximum atomic E-state index is 14.7. The Hall–Kier alpha value is -1.30. The van der Waals surface area contributed by atoms with Crippen LogP contribution in [0.2, 0.25) is 0 Å². The topological polar surface area (TPSA) is 140 Å². The van der Waals surface area contributed by atoms with Crippen LogP contribution in [0.5, 0.6) is 0 Å². The van der Waals surface area contributed by atoms with Crippen LogP contribution in [0.15, 0.2) is 34.5 Å². The van der Waals surface area contributed by atoms with Crippen LogP contribution in [0.25, 0.3) is 0 Å². The summed E-state index contributed by atoms with van der Waals surface area (Å²) in [6.45, 7) is 15.0. The number of carbonyl (C=O) groups excluding carboxylic acids is 4. The summed E-state index contributed by atoms with van der Waals surface area (Å²) in [6, 6.07) is 3.49. The Kier molecular flexibility index (Phi) is 10.5. The summed E-state index contributed by atoms with van der Waals surface area (Å²) in [5.41, 5.74) is -0.523. The normalized spacial score (nSPS) is 40.7. The first-order chi connectivity index (χ1) is 22.3. The summed E-state index contributed by atoms with van der Waals surface area (Å²) in [5.74, 6) is -1.20. The third-order valence-electron chi connectivity index (χ3n) is 15.0. The van der Waals surface area contributed by atoms with E-state index in [0.717, 1.165) is 38.5 Å². The predicted octanol–water partition coefficient (Wildman–Crippen LogP) is 1.82. The number of nitrogens with zero attached hydrogens (tertiary/aromatic N) is 1. The number of aliphatic carboxylic acids is 1. The Morgan fingerprint density at radius 3 is 2.35 bits per heavy atom. The van der Waals surface area contributed by atoms with E-state index in [0.29, 0.717) is 25.0 Å². The fraction of sp³-hybridized carbons (Fsp3) is 0.744. The Morgan fingerprint density at radius 1 is 1.00 bits per heavy atom. The van der Waals surface area contributed by atoms with Gasteiger partial charge in [0, 0.05) is 11.3 Å². The molecule has 2 N–H and O–H groups in total. The first kappa shape index (κ1) is 38.9. The number of fused-ring (bicyclic) bond motifs is 7. The van der Waals surface area contributed by atoms with Crippen molar-refractivity contribution in [3.63, 3.8) is 0 Å². The second kappa shape index (κ2) is 13.3. The number of hydrogen-bond acceptors (Lipinski definition) is 7. The second-order valence-electron chi connectivity index (χ2n) is 18.0. The molecule has 1 heterocycles. The molecular formula is C39H55KN2O7. The molecule has 9 nitrogen and oxygen atoms in total. The van der Waals surface area contributed by atoms with Crippen molar-refractivity contribution in [1.29, 1.82) is 0 Å². The number of furan rings is 1. The van der Waals surface area contributed by atoms with E-state index in [2.05, 4.69) is 46.9 Å². The quantitative estimate of drug-likeness (QED) is 0.414. The van der Waals surface area contributed by atoms with Gasteiger partial charge in [0.25, 0.3) is 0 Å². The molecule has 4 fully saturated rings. The van der Waals surface area contributed by atoms with Gasteiger partial charge in [0.2, 0.25) is 11.8 Å². The molecule has 0 bridgehead atoms.